The fraction of sp³-hybridized carbons (Fsp3) is 0.418. The Hall–Kier alpha value is -6.17. The minimum atomic E-state index is -4.13. The monoisotopic (exact) mass is 979 g/mol. The Bertz CT molecular complexity index is 3310. The van der Waals surface area contributed by atoms with Crippen molar-refractivity contribution in [2.75, 3.05) is 44.3 Å². The number of nitrogens with zero attached hydrogens (tertiary/aromatic N) is 6. The molecule has 16 heteroatoms. The third-order valence-electron chi connectivity index (χ3n) is 15.2. The van der Waals surface area contributed by atoms with E-state index in [1.165, 1.54) is 10.8 Å². The molecule has 6 heterocycles. The third-order valence-corrected chi connectivity index (χ3v) is 16.9. The fourth-order valence-corrected chi connectivity index (χ4v) is 12.4. The number of anilines is 1. The number of ether oxygens (including phenoxy) is 3. The minimum Gasteiger partial charge on any atom is -0.465 e. The standard InChI is InChI=1S/C55H61N7O8S/c1-36-14-19-41(20-15-36)71(66,67)62-29-24-43-45(34-59(3)51(63)49(43)62)38-16-21-47-44(33-38)50(57-52(56-47)61-27-22-39(23-28-61)60-30-25-54(2,26-31-60)58-53(64)65)55(70-40-17-18-40,35-69-48-13-6-7-32-68-48)46-12-8-10-37-9-4-5-11-42(37)46/h4-5,8-12,14-16,19-21,24,29,33-34,39-40,48,58H,6-7,13,17-18,22-23,25-28,30-32,35H2,1-3H3,(H,64,65). The van der Waals surface area contributed by atoms with Gasteiger partial charge in [-0.2, -0.15) is 0 Å². The van der Waals surface area contributed by atoms with Crippen LogP contribution in [-0.2, 0) is 36.9 Å². The van der Waals surface area contributed by atoms with Gasteiger partial charge in [-0.3, -0.25) is 4.79 Å². The minimum absolute atomic E-state index is 0.0483. The predicted octanol–water partition coefficient (Wildman–Crippen LogP) is 8.71. The van der Waals surface area contributed by atoms with Crippen molar-refractivity contribution in [2.45, 2.75) is 106 Å². The fourth-order valence-electron chi connectivity index (χ4n) is 11.0. The molecule has 1 saturated carbocycles. The van der Waals surface area contributed by atoms with Crippen LogP contribution in [0.2, 0.25) is 0 Å². The zero-order chi connectivity index (χ0) is 49.1. The number of likely N-dealkylation sites (tertiary alicyclic amines) is 1. The lowest BCUT2D eigenvalue weighted by molar-refractivity contribution is -0.197. The zero-order valence-corrected chi connectivity index (χ0v) is 41.4. The Morgan fingerprint density at radius 2 is 1.65 bits per heavy atom. The Labute approximate surface area is 413 Å². The molecule has 15 nitrogen and oxygen atoms in total. The maximum atomic E-state index is 14.2. The van der Waals surface area contributed by atoms with Crippen molar-refractivity contribution in [2.24, 2.45) is 7.05 Å². The van der Waals surface area contributed by atoms with Gasteiger partial charge in [-0.1, -0.05) is 66.2 Å². The maximum Gasteiger partial charge on any atom is 0.405 e. The van der Waals surface area contributed by atoms with E-state index in [-0.39, 0.29) is 23.1 Å². The first-order chi connectivity index (χ1) is 34.3. The lowest BCUT2D eigenvalue weighted by Crippen LogP contribution is -2.56. The van der Waals surface area contributed by atoms with Gasteiger partial charge < -0.3 is 39.0 Å². The second-order valence-electron chi connectivity index (χ2n) is 20.3. The van der Waals surface area contributed by atoms with Crippen molar-refractivity contribution < 1.29 is 32.5 Å². The summed E-state index contributed by atoms with van der Waals surface area (Å²) in [5, 5.41) is 15.5. The van der Waals surface area contributed by atoms with E-state index in [1.807, 2.05) is 38.1 Å². The molecule has 4 fully saturated rings. The number of benzene rings is 4. The first kappa shape index (κ1) is 47.2. The summed E-state index contributed by atoms with van der Waals surface area (Å²) in [5.74, 6) is 0.594. The molecule has 0 spiro atoms. The van der Waals surface area contributed by atoms with Gasteiger partial charge in [0.2, 0.25) is 5.95 Å². The molecule has 3 saturated heterocycles. The van der Waals surface area contributed by atoms with Gasteiger partial charge in [0.1, 0.15) is 5.52 Å². The van der Waals surface area contributed by atoms with Crippen LogP contribution in [0.5, 0.6) is 0 Å². The number of aromatic nitrogens is 4. The number of rotatable bonds is 13. The Kier molecular flexibility index (Phi) is 12.5. The van der Waals surface area contributed by atoms with E-state index in [0.717, 1.165) is 121 Å². The van der Waals surface area contributed by atoms with Crippen LogP contribution in [0.4, 0.5) is 10.7 Å². The molecule has 71 heavy (non-hydrogen) atoms. The number of hydrogen-bond donors (Lipinski definition) is 2. The van der Waals surface area contributed by atoms with Gasteiger partial charge in [-0.05, 0) is 118 Å². The van der Waals surface area contributed by atoms with Crippen LogP contribution >= 0.6 is 0 Å². The number of piperidine rings is 2. The molecule has 1 amide bonds. The second kappa shape index (κ2) is 18.8. The lowest BCUT2D eigenvalue weighted by atomic mass is 9.84. The van der Waals surface area contributed by atoms with Crippen LogP contribution < -0.4 is 15.8 Å². The van der Waals surface area contributed by atoms with Crippen molar-refractivity contribution >= 4 is 54.6 Å². The summed E-state index contributed by atoms with van der Waals surface area (Å²) in [4.78, 5) is 41.5. The van der Waals surface area contributed by atoms with Crippen molar-refractivity contribution in [1.29, 1.82) is 0 Å². The zero-order valence-electron chi connectivity index (χ0n) is 40.6. The van der Waals surface area contributed by atoms with Crippen molar-refractivity contribution in [3.63, 3.8) is 0 Å². The molecule has 2 atom stereocenters. The second-order valence-corrected chi connectivity index (χ2v) is 22.1. The van der Waals surface area contributed by atoms with Crippen LogP contribution in [0.1, 0.15) is 81.5 Å². The van der Waals surface area contributed by atoms with Crippen LogP contribution in [-0.4, -0.2) is 106 Å². The first-order valence-corrected chi connectivity index (χ1v) is 26.5. The molecule has 4 aliphatic rings. The smallest absolute Gasteiger partial charge is 0.405 e. The molecule has 3 aromatic heterocycles. The molecular formula is C55H61N7O8S. The summed E-state index contributed by atoms with van der Waals surface area (Å²) >= 11 is 0. The molecule has 2 N–H and O–H groups in total. The van der Waals surface area contributed by atoms with E-state index in [1.54, 1.807) is 43.6 Å². The summed E-state index contributed by atoms with van der Waals surface area (Å²) in [6, 6.07) is 29.3. The summed E-state index contributed by atoms with van der Waals surface area (Å²) < 4.78 is 51.6. The number of aryl methyl sites for hydroxylation is 2. The number of hydrogen-bond acceptors (Lipinski definition) is 11. The molecule has 1 aliphatic carbocycles. The third kappa shape index (κ3) is 9.09. The van der Waals surface area contributed by atoms with Gasteiger partial charge in [0.15, 0.2) is 11.9 Å². The van der Waals surface area contributed by atoms with E-state index >= 15 is 0 Å². The van der Waals surface area contributed by atoms with E-state index in [2.05, 4.69) is 51.5 Å². The highest BCUT2D eigenvalue weighted by molar-refractivity contribution is 7.90. The van der Waals surface area contributed by atoms with E-state index in [0.29, 0.717) is 40.8 Å². The maximum absolute atomic E-state index is 14.2. The van der Waals surface area contributed by atoms with E-state index in [9.17, 15) is 23.1 Å². The van der Waals surface area contributed by atoms with Crippen LogP contribution in [0.3, 0.4) is 0 Å². The van der Waals surface area contributed by atoms with Gasteiger partial charge in [0.05, 0.1) is 28.8 Å². The molecular weight excluding hydrogens is 919 g/mol. The summed E-state index contributed by atoms with van der Waals surface area (Å²) in [6.45, 7) is 7.74. The van der Waals surface area contributed by atoms with Crippen molar-refractivity contribution in [3.05, 3.63) is 131 Å². The van der Waals surface area contributed by atoms with Crippen molar-refractivity contribution in [3.8, 4) is 11.1 Å². The number of pyridine rings is 1. The Morgan fingerprint density at radius 1 is 0.887 bits per heavy atom. The molecule has 11 rings (SSSR count). The average Bonchev–Trinajstić information content (AvgIpc) is 4.08. The quantitative estimate of drug-likeness (QED) is 0.113. The van der Waals surface area contributed by atoms with E-state index < -0.39 is 39.1 Å². The number of nitrogens with one attached hydrogen (secondary N) is 1. The molecule has 7 aromatic rings. The summed E-state index contributed by atoms with van der Waals surface area (Å²) in [5.41, 5.74) is 2.56. The first-order valence-electron chi connectivity index (χ1n) is 25.0. The number of carboxylic acid groups (broad SMARTS) is 1. The average molecular weight is 980 g/mol. The largest absolute Gasteiger partial charge is 0.465 e. The molecule has 3 aliphatic heterocycles. The molecule has 2 unspecified atom stereocenters. The topological polar surface area (TPSA) is 170 Å². The van der Waals surface area contributed by atoms with Gasteiger partial charge >= 0.3 is 6.09 Å². The van der Waals surface area contributed by atoms with Gasteiger partial charge in [0.25, 0.3) is 15.6 Å². The van der Waals surface area contributed by atoms with Crippen LogP contribution in [0, 0.1) is 6.92 Å². The highest BCUT2D eigenvalue weighted by atomic mass is 32.2. The number of amides is 1. The highest BCUT2D eigenvalue weighted by Crippen LogP contribution is 2.46. The molecule has 0 radical (unpaired) electrons. The van der Waals surface area contributed by atoms with E-state index in [4.69, 9.17) is 24.2 Å². The van der Waals surface area contributed by atoms with Gasteiger partial charge in [-0.15, -0.1) is 0 Å². The number of fused-ring (bicyclic) bond motifs is 3. The number of carbonyl (C=O) groups is 1. The summed E-state index contributed by atoms with van der Waals surface area (Å²) in [7, 11) is -2.49. The Morgan fingerprint density at radius 3 is 2.38 bits per heavy atom. The molecule has 0 bridgehead atoms. The summed E-state index contributed by atoms with van der Waals surface area (Å²) in [6.07, 6.45) is 9.61. The highest BCUT2D eigenvalue weighted by Gasteiger charge is 2.46. The predicted molar refractivity (Wildman–Crippen MR) is 273 cm³/mol. The lowest BCUT2D eigenvalue weighted by Gasteiger charge is -2.45. The van der Waals surface area contributed by atoms with Crippen LogP contribution in [0.25, 0.3) is 43.7 Å². The Balaban J connectivity index is 1.06. The van der Waals surface area contributed by atoms with Gasteiger partial charge in [0, 0.05) is 85.7 Å². The molecule has 370 valence electrons. The molecule has 4 aromatic carbocycles. The SMILES string of the molecule is Cc1ccc(S(=O)(=O)n2ccc3c(-c4ccc5nc(N6CCC(N7CCC(C)(NC(=O)O)CC7)CC6)nc(C(COC6CCCCO6)(OC6CC6)c6cccc7ccccc67)c5c4)cn(C)c(=O)c32)cc1. The van der Waals surface area contributed by atoms with Crippen molar-refractivity contribution in [1.82, 2.24) is 28.7 Å². The van der Waals surface area contributed by atoms with Crippen LogP contribution in [0.15, 0.2) is 113 Å². The van der Waals surface area contributed by atoms with Gasteiger partial charge in [-0.25, -0.2) is 27.2 Å². The normalized spacial score (nSPS) is 20.1.